The van der Waals surface area contributed by atoms with E-state index in [4.69, 9.17) is 10.2 Å². The van der Waals surface area contributed by atoms with Crippen LogP contribution >= 0.6 is 11.3 Å². The highest BCUT2D eigenvalue weighted by atomic mass is 32.1. The van der Waals surface area contributed by atoms with Crippen molar-refractivity contribution in [2.75, 3.05) is 0 Å². The summed E-state index contributed by atoms with van der Waals surface area (Å²) in [5, 5.41) is 23.9. The van der Waals surface area contributed by atoms with Crippen molar-refractivity contribution >= 4 is 23.3 Å². The van der Waals surface area contributed by atoms with Gasteiger partial charge in [0.15, 0.2) is 6.04 Å². The molecule has 0 bridgehead atoms. The van der Waals surface area contributed by atoms with Crippen molar-refractivity contribution in [3.05, 3.63) is 20.7 Å². The molecule has 8 nitrogen and oxygen atoms in total. The molecule has 2 atom stereocenters. The lowest BCUT2D eigenvalue weighted by molar-refractivity contribution is -0.141. The molecule has 1 aromatic heterocycles. The highest BCUT2D eigenvalue weighted by Crippen LogP contribution is 1.96. The third-order valence-corrected chi connectivity index (χ3v) is 2.76. The van der Waals surface area contributed by atoms with Crippen LogP contribution in [-0.4, -0.2) is 39.3 Å². The first-order valence-electron chi connectivity index (χ1n) is 5.02. The van der Waals surface area contributed by atoms with Crippen LogP contribution in [0.25, 0.3) is 0 Å². The number of aliphatic hydroxyl groups excluding tert-OH is 1. The van der Waals surface area contributed by atoms with Crippen LogP contribution in [-0.2, 0) is 11.3 Å². The van der Waals surface area contributed by atoms with Gasteiger partial charge in [0.25, 0.3) is 0 Å². The largest absolute Gasteiger partial charge is 0.480 e. The van der Waals surface area contributed by atoms with Gasteiger partial charge in [0.2, 0.25) is 0 Å². The number of aliphatic carboxylic acids is 1. The second kappa shape index (κ2) is 6.17. The molecule has 1 heterocycles. The highest BCUT2D eigenvalue weighted by molar-refractivity contribution is 7.07. The van der Waals surface area contributed by atoms with E-state index in [2.05, 4.69) is 15.6 Å². The lowest BCUT2D eigenvalue weighted by Gasteiger charge is -2.17. The van der Waals surface area contributed by atoms with Crippen LogP contribution in [0.5, 0.6) is 0 Å². The van der Waals surface area contributed by atoms with E-state index < -0.39 is 24.1 Å². The summed E-state index contributed by atoms with van der Waals surface area (Å²) in [6.45, 7) is 1.33. The Labute approximate surface area is 106 Å². The van der Waals surface area contributed by atoms with Gasteiger partial charge in [-0.05, 0) is 6.92 Å². The van der Waals surface area contributed by atoms with Crippen molar-refractivity contribution in [3.63, 3.8) is 0 Å². The summed E-state index contributed by atoms with van der Waals surface area (Å²) in [7, 11) is 0. The van der Waals surface area contributed by atoms with Gasteiger partial charge >= 0.3 is 16.9 Å². The van der Waals surface area contributed by atoms with E-state index >= 15 is 0 Å². The number of hydrogen-bond acceptors (Lipinski definition) is 5. The molecule has 0 spiro atoms. The zero-order valence-electron chi connectivity index (χ0n) is 9.47. The number of amides is 2. The number of carboxylic acids is 1. The number of aliphatic hydroxyl groups is 1. The molecule has 0 aliphatic carbocycles. The SMILES string of the molecule is CC(O)C(NC(=O)NCc1csc(=O)[nH]1)C(=O)O. The Morgan fingerprint density at radius 3 is 2.67 bits per heavy atom. The molecule has 1 rings (SSSR count). The van der Waals surface area contributed by atoms with Gasteiger partial charge in [-0.3, -0.25) is 4.79 Å². The Bertz CT molecular complexity index is 481. The van der Waals surface area contributed by atoms with Crippen molar-refractivity contribution in [1.29, 1.82) is 0 Å². The van der Waals surface area contributed by atoms with Crippen molar-refractivity contribution in [2.24, 2.45) is 0 Å². The average molecular weight is 275 g/mol. The van der Waals surface area contributed by atoms with E-state index in [9.17, 15) is 14.4 Å². The molecular formula is C9H13N3O5S. The monoisotopic (exact) mass is 275 g/mol. The number of carboxylic acid groups (broad SMARTS) is 1. The molecular weight excluding hydrogens is 262 g/mol. The molecule has 0 saturated carbocycles. The van der Waals surface area contributed by atoms with Gasteiger partial charge < -0.3 is 25.8 Å². The molecule has 9 heteroatoms. The summed E-state index contributed by atoms with van der Waals surface area (Å²) in [6.07, 6.45) is -1.21. The molecule has 0 aliphatic rings. The van der Waals surface area contributed by atoms with Crippen LogP contribution < -0.4 is 15.5 Å². The third-order valence-electron chi connectivity index (χ3n) is 2.05. The van der Waals surface area contributed by atoms with Gasteiger partial charge in [0.1, 0.15) is 0 Å². The van der Waals surface area contributed by atoms with E-state index in [1.165, 1.54) is 6.92 Å². The lowest BCUT2D eigenvalue weighted by atomic mass is 10.2. The van der Waals surface area contributed by atoms with Crippen LogP contribution in [0.2, 0.25) is 0 Å². The fraction of sp³-hybridized carbons (Fsp3) is 0.444. The number of carbonyl (C=O) groups excluding carboxylic acids is 1. The Balaban J connectivity index is 2.46. The summed E-state index contributed by atoms with van der Waals surface area (Å²) in [6, 6.07) is -2.12. The van der Waals surface area contributed by atoms with Crippen molar-refractivity contribution in [1.82, 2.24) is 15.6 Å². The summed E-state index contributed by atoms with van der Waals surface area (Å²) in [4.78, 5) is 35.1. The van der Waals surface area contributed by atoms with Gasteiger partial charge in [-0.1, -0.05) is 11.3 Å². The number of nitrogens with one attached hydrogen (secondary N) is 3. The van der Waals surface area contributed by atoms with Crippen LogP contribution in [0.1, 0.15) is 12.6 Å². The van der Waals surface area contributed by atoms with E-state index in [1.807, 2.05) is 0 Å². The number of hydrogen-bond donors (Lipinski definition) is 5. The molecule has 2 unspecified atom stereocenters. The number of carbonyl (C=O) groups is 2. The van der Waals surface area contributed by atoms with Crippen molar-refractivity contribution < 1.29 is 19.8 Å². The summed E-state index contributed by atoms with van der Waals surface area (Å²) >= 11 is 0.963. The first-order valence-corrected chi connectivity index (χ1v) is 5.90. The normalized spacial score (nSPS) is 13.7. The van der Waals surface area contributed by atoms with Gasteiger partial charge in [-0.25, -0.2) is 9.59 Å². The van der Waals surface area contributed by atoms with Crippen molar-refractivity contribution in [3.8, 4) is 0 Å². The number of urea groups is 1. The minimum atomic E-state index is -1.38. The zero-order valence-corrected chi connectivity index (χ0v) is 10.3. The van der Waals surface area contributed by atoms with Crippen molar-refractivity contribution in [2.45, 2.75) is 25.6 Å². The van der Waals surface area contributed by atoms with Crippen LogP contribution in [0.4, 0.5) is 4.79 Å². The minimum Gasteiger partial charge on any atom is -0.480 e. The molecule has 0 aromatic carbocycles. The second-order valence-corrected chi connectivity index (χ2v) is 4.40. The van der Waals surface area contributed by atoms with Gasteiger partial charge in [0.05, 0.1) is 12.6 Å². The average Bonchev–Trinajstić information content (AvgIpc) is 2.68. The Morgan fingerprint density at radius 2 is 2.22 bits per heavy atom. The first-order chi connectivity index (χ1) is 8.40. The maximum atomic E-state index is 11.4. The molecule has 1 aromatic rings. The number of aromatic nitrogens is 1. The van der Waals surface area contributed by atoms with E-state index in [1.54, 1.807) is 5.38 Å². The Kier molecular flexibility index (Phi) is 4.86. The summed E-state index contributed by atoms with van der Waals surface area (Å²) in [5.41, 5.74) is 0.518. The van der Waals surface area contributed by atoms with E-state index in [-0.39, 0.29) is 11.4 Å². The highest BCUT2D eigenvalue weighted by Gasteiger charge is 2.24. The zero-order chi connectivity index (χ0) is 13.7. The number of rotatable bonds is 5. The van der Waals surface area contributed by atoms with Crippen LogP contribution in [0, 0.1) is 0 Å². The number of thiazole rings is 1. The number of H-pyrrole nitrogens is 1. The van der Waals surface area contributed by atoms with E-state index in [0.717, 1.165) is 11.3 Å². The van der Waals surface area contributed by atoms with Crippen LogP contribution in [0.3, 0.4) is 0 Å². The smallest absolute Gasteiger partial charge is 0.328 e. The Hall–Kier alpha value is -1.87. The second-order valence-electron chi connectivity index (χ2n) is 3.56. The van der Waals surface area contributed by atoms with Crippen LogP contribution in [0.15, 0.2) is 10.2 Å². The third kappa shape index (κ3) is 4.18. The Morgan fingerprint density at radius 1 is 1.56 bits per heavy atom. The minimum absolute atomic E-state index is 0.0662. The van der Waals surface area contributed by atoms with Gasteiger partial charge in [-0.15, -0.1) is 0 Å². The lowest BCUT2D eigenvalue weighted by Crippen LogP contribution is -2.51. The van der Waals surface area contributed by atoms with Gasteiger partial charge in [-0.2, -0.15) is 0 Å². The molecule has 0 saturated heterocycles. The fourth-order valence-corrected chi connectivity index (χ4v) is 1.74. The number of aromatic amines is 1. The molecule has 5 N–H and O–H groups in total. The predicted octanol–water partition coefficient (Wildman–Crippen LogP) is -0.930. The molecule has 0 fully saturated rings. The topological polar surface area (TPSA) is 132 Å². The molecule has 0 aliphatic heterocycles. The maximum absolute atomic E-state index is 11.4. The predicted molar refractivity (Wildman–Crippen MR) is 63.4 cm³/mol. The molecule has 100 valence electrons. The molecule has 0 radical (unpaired) electrons. The first kappa shape index (κ1) is 14.2. The van der Waals surface area contributed by atoms with Gasteiger partial charge in [0, 0.05) is 11.1 Å². The molecule has 18 heavy (non-hydrogen) atoms. The quantitative estimate of drug-likeness (QED) is 0.473. The summed E-state index contributed by atoms with van der Waals surface area (Å²) < 4.78 is 0. The maximum Gasteiger partial charge on any atom is 0.328 e. The summed E-state index contributed by atoms with van der Waals surface area (Å²) in [5.74, 6) is -1.33. The molecule has 2 amide bonds. The standard InChI is InChI=1S/C9H13N3O5S/c1-4(13)6(7(14)15)12-8(16)10-2-5-3-18-9(17)11-5/h3-4,6,13H,2H2,1H3,(H,11,17)(H,14,15)(H2,10,12,16). The fourth-order valence-electron chi connectivity index (χ4n) is 1.16. The van der Waals surface area contributed by atoms with E-state index in [0.29, 0.717) is 5.69 Å².